The highest BCUT2D eigenvalue weighted by molar-refractivity contribution is 14.1. The molecule has 0 aromatic rings. The maximum atomic E-state index is 11.5. The monoisotopic (exact) mass is 907 g/mol. The summed E-state index contributed by atoms with van der Waals surface area (Å²) < 4.78 is 11.1. The predicted octanol–water partition coefficient (Wildman–Crippen LogP) is -2.28. The largest absolute Gasteiger partial charge is 0.478 e. The molecule has 0 saturated carbocycles. The highest BCUT2D eigenvalue weighted by atomic mass is 127. The number of piperazine rings is 2. The van der Waals surface area contributed by atoms with Gasteiger partial charge >= 0.3 is 17.9 Å². The molecule has 4 atom stereocenters. The van der Waals surface area contributed by atoms with E-state index in [1.54, 1.807) is 12.2 Å². The van der Waals surface area contributed by atoms with E-state index >= 15 is 0 Å². The summed E-state index contributed by atoms with van der Waals surface area (Å²) >= 11 is 2.16. The summed E-state index contributed by atoms with van der Waals surface area (Å²) in [5, 5.41) is 15.3. The van der Waals surface area contributed by atoms with Crippen LogP contribution in [0.4, 0.5) is 0 Å². The number of hydrogen-bond donors (Lipinski definition) is 3. The van der Waals surface area contributed by atoms with Crippen LogP contribution in [0, 0.1) is 0 Å². The van der Waals surface area contributed by atoms with Gasteiger partial charge in [0.05, 0.1) is 0 Å². The molecule has 2 rings (SSSR count). The fourth-order valence-corrected chi connectivity index (χ4v) is 6.90. The van der Waals surface area contributed by atoms with Gasteiger partial charge in [-0.15, -0.1) is 0 Å². The number of carbonyl (C=O) groups excluding carboxylic acids is 2. The van der Waals surface area contributed by atoms with E-state index in [0.29, 0.717) is 24.2 Å². The van der Waals surface area contributed by atoms with Crippen LogP contribution in [0.2, 0.25) is 0 Å². The van der Waals surface area contributed by atoms with Crippen molar-refractivity contribution in [3.8, 4) is 0 Å². The number of carboxylic acids is 1. The second kappa shape index (κ2) is 32.0. The lowest BCUT2D eigenvalue weighted by atomic mass is 8.43. The van der Waals surface area contributed by atoms with Crippen molar-refractivity contribution in [1.82, 2.24) is 20.4 Å². The van der Waals surface area contributed by atoms with Gasteiger partial charge in [-0.2, -0.15) is 0 Å². The Morgan fingerprint density at radius 1 is 0.650 bits per heavy atom. The molecule has 60 heavy (non-hydrogen) atoms. The predicted molar refractivity (Wildman–Crippen MR) is 280 cm³/mol. The zero-order valence-electron chi connectivity index (χ0n) is 37.8. The van der Waals surface area contributed by atoms with E-state index in [9.17, 15) is 14.4 Å². The molecule has 2 saturated heterocycles. The highest BCUT2D eigenvalue weighted by Crippen LogP contribution is 2.09. The Balaban J connectivity index is 0. The molecule has 28 heteroatoms. The van der Waals surface area contributed by atoms with Crippen LogP contribution in [0.5, 0.6) is 0 Å². The first-order valence-electron chi connectivity index (χ1n) is 20.3. The van der Waals surface area contributed by atoms with Crippen molar-refractivity contribution in [2.45, 2.75) is 105 Å². The van der Waals surface area contributed by atoms with Crippen LogP contribution in [0.3, 0.4) is 0 Å². The molecule has 0 bridgehead atoms. The lowest BCUT2D eigenvalue weighted by Crippen LogP contribution is -2.76. The number of ether oxygens (including phenoxy) is 2. The Labute approximate surface area is 393 Å². The lowest BCUT2D eigenvalue weighted by molar-refractivity contribution is -0.149. The Kier molecular flexibility index (Phi) is 32.8. The number of hydrogen-bond acceptors (Lipinski definition) is 9. The van der Waals surface area contributed by atoms with Crippen molar-refractivity contribution < 1.29 is 29.0 Å². The topological polar surface area (TPSA) is 120 Å². The molecule has 0 amide bonds. The number of carbonyl (C=O) groups is 3. The number of carboxylic acid groups (broad SMARTS) is 1. The number of nitrogens with zero attached hydrogens (tertiary/aromatic N) is 2. The molecular weight excluding hydrogens is 847 g/mol. The Morgan fingerprint density at radius 3 is 1.25 bits per heavy atom. The second-order valence-corrected chi connectivity index (χ2v) is 18.3. The molecule has 299 valence electrons. The first kappa shape index (κ1) is 61.4. The first-order chi connectivity index (χ1) is 27.5. The van der Waals surface area contributed by atoms with Crippen LogP contribution in [0.1, 0.15) is 69.2 Å². The number of allylic oxidation sites excluding steroid dienone is 1. The summed E-state index contributed by atoms with van der Waals surface area (Å²) in [4.78, 5) is 37.2. The maximum Gasteiger partial charge on any atom is 0.330 e. The molecule has 0 aromatic carbocycles. The smallest absolute Gasteiger partial charge is 0.330 e. The van der Waals surface area contributed by atoms with Gasteiger partial charge in [-0.1, -0.05) is 40.8 Å². The van der Waals surface area contributed by atoms with Gasteiger partial charge in [0.2, 0.25) is 0 Å². The number of nitrogens with one attached hydrogen (secondary N) is 2. The molecule has 2 heterocycles. The first-order valence-corrected chi connectivity index (χ1v) is 21.9. The minimum absolute atomic E-state index is 0.265. The summed E-state index contributed by atoms with van der Waals surface area (Å²) in [6.45, 7) is 25.3. The molecule has 0 aliphatic carbocycles. The molecule has 0 spiro atoms. The van der Waals surface area contributed by atoms with E-state index in [-0.39, 0.29) is 17.5 Å². The quantitative estimate of drug-likeness (QED) is 0.0546. The summed E-state index contributed by atoms with van der Waals surface area (Å²) in [5.74, 6) is -1.41. The summed E-state index contributed by atoms with van der Waals surface area (Å²) in [7, 11) is 52.0. The van der Waals surface area contributed by atoms with E-state index in [1.165, 1.54) is 25.3 Å². The molecule has 2 fully saturated rings. The van der Waals surface area contributed by atoms with Gasteiger partial charge in [0.15, 0.2) is 0 Å². The van der Waals surface area contributed by atoms with Gasteiger partial charge in [-0.25, -0.2) is 14.4 Å². The van der Waals surface area contributed by atoms with Crippen molar-refractivity contribution in [2.75, 3.05) is 43.7 Å². The SMILES string of the molecule is CC(C)(C)OC(=O)/C=C/CI.CC1CN(C/C=C/C(=O)O)CC(C)N1.CC1CN(C/C=C/C(=O)OC(C)(C)C)CC(C)N1.[B][B]B(B([B])[B])B(B([B])[B])B(B([B])[B])B([B])[B]. The summed E-state index contributed by atoms with van der Waals surface area (Å²) in [6, 6.07) is 1.97. The summed E-state index contributed by atoms with van der Waals surface area (Å²) in [5.41, 5.74) is -0.799. The molecule has 2 aliphatic rings. The zero-order valence-corrected chi connectivity index (χ0v) is 40.0. The molecule has 2 aliphatic heterocycles. The molecule has 0 aromatic heterocycles. The second-order valence-electron chi connectivity index (χ2n) is 17.4. The van der Waals surface area contributed by atoms with Crippen LogP contribution in [0.15, 0.2) is 36.5 Å². The maximum absolute atomic E-state index is 11.5. The lowest BCUT2D eigenvalue weighted by Gasteiger charge is -2.38. The number of aliphatic carboxylic acids is 1. The average Bonchev–Trinajstić information content (AvgIpc) is 3.05. The number of alkyl halides is 1. The zero-order chi connectivity index (χ0) is 47.0. The van der Waals surface area contributed by atoms with Crippen LogP contribution < -0.4 is 10.6 Å². The van der Waals surface area contributed by atoms with E-state index < -0.39 is 56.3 Å². The van der Waals surface area contributed by atoms with E-state index in [0.717, 1.165) is 43.7 Å². The minimum atomic E-state index is -0.874. The van der Waals surface area contributed by atoms with Crippen LogP contribution in [0.25, 0.3) is 0 Å². The van der Waals surface area contributed by atoms with E-state index in [4.69, 9.17) is 84.2 Å². The van der Waals surface area contributed by atoms with Crippen molar-refractivity contribution in [2.24, 2.45) is 0 Å². The normalized spacial score (nSPS) is 19.6. The number of halogens is 1. The van der Waals surface area contributed by atoms with Gasteiger partial charge < -0.3 is 25.2 Å². The average molecular weight is 905 g/mol. The summed E-state index contributed by atoms with van der Waals surface area (Å²) in [6.07, 6.45) is 4.89. The van der Waals surface area contributed by atoms with Crippen LogP contribution in [-0.2, 0) is 23.9 Å². The number of esters is 2. The van der Waals surface area contributed by atoms with E-state index in [2.05, 4.69) is 70.7 Å². The highest BCUT2D eigenvalue weighted by Gasteiger charge is 2.39. The number of rotatable bonds is 15. The van der Waals surface area contributed by atoms with E-state index in [1.807, 2.05) is 47.6 Å². The third-order valence-corrected chi connectivity index (χ3v) is 9.06. The fraction of sp³-hybridized carbons (Fsp3) is 0.719. The van der Waals surface area contributed by atoms with Crippen molar-refractivity contribution in [3.05, 3.63) is 36.5 Å². The Morgan fingerprint density at radius 2 is 0.983 bits per heavy atom. The van der Waals surface area contributed by atoms with Gasteiger partial charge in [-0.05, 0) is 69.2 Å². The third kappa shape index (κ3) is 32.0. The van der Waals surface area contributed by atoms with Gasteiger partial charge in [0.1, 0.15) is 11.2 Å². The standard InChI is InChI=1S/C14H26N2O2.C10H18N2O2.C8H13IO2.B17/c1-11-9-16(10-12(2)15-11)8-6-7-13(17)18-14(3,4)5;1-8-6-12(7-9(2)11-8)5-3-4-10(13)14;1-8(2,3)11-7(10)5-4-6-9;1-10-15(11(2)3)17(14(8)9)16(12(4)5)13(6)7/h6-7,11-12,15H,8-10H2,1-5H3;3-4,8-9,11H,5-7H2,1-2H3,(H,13,14);4-5H,6H2,1-3H3;/b7-6+;4-3+;5-4+;. The van der Waals surface area contributed by atoms with Gasteiger partial charge in [-0.3, -0.25) is 9.80 Å². The van der Waals surface area contributed by atoms with Gasteiger partial charge in [0, 0.05) is 207 Å². The van der Waals surface area contributed by atoms with Crippen molar-refractivity contribution >= 4 is 162 Å². The fourth-order valence-electron chi connectivity index (χ4n) is 6.64. The van der Waals surface area contributed by atoms with Gasteiger partial charge in [0.25, 0.3) is 0 Å². The van der Waals surface area contributed by atoms with Crippen molar-refractivity contribution in [1.29, 1.82) is 0 Å². The molecule has 10 nitrogen and oxygen atoms in total. The molecule has 3 N–H and O–H groups in total. The minimum Gasteiger partial charge on any atom is -0.478 e. The van der Waals surface area contributed by atoms with Crippen molar-refractivity contribution in [3.63, 3.8) is 0 Å². The Hall–Kier alpha value is -0.696. The Bertz CT molecular complexity index is 1290. The third-order valence-electron chi connectivity index (χ3n) is 8.55. The molecule has 19 radical (unpaired) electrons. The van der Waals surface area contributed by atoms with Crippen LogP contribution in [-0.4, -0.2) is 233 Å². The van der Waals surface area contributed by atoms with Crippen LogP contribution >= 0.6 is 22.6 Å². The molecular formula is C32H57B17IN4O6. The molecule has 4 unspecified atom stereocenters.